The molecule has 0 fully saturated rings. The Morgan fingerprint density at radius 3 is 2.30 bits per heavy atom. The van der Waals surface area contributed by atoms with Gasteiger partial charge in [-0.1, -0.05) is 18.2 Å². The van der Waals surface area contributed by atoms with Crippen LogP contribution in [0.3, 0.4) is 0 Å². The van der Waals surface area contributed by atoms with Crippen LogP contribution < -0.4 is 11.1 Å². The van der Waals surface area contributed by atoms with Gasteiger partial charge in [-0.2, -0.15) is 0 Å². The highest BCUT2D eigenvalue weighted by molar-refractivity contribution is 14.1. The van der Waals surface area contributed by atoms with E-state index in [-0.39, 0.29) is 12.0 Å². The second-order valence-electron chi connectivity index (χ2n) is 4.88. The molecular formula is C16H13F2IN2O2. The zero-order valence-corrected chi connectivity index (χ0v) is 14.0. The summed E-state index contributed by atoms with van der Waals surface area (Å²) in [6.07, 6.45) is 0.192. The predicted octanol–water partition coefficient (Wildman–Crippen LogP) is 2.40. The first-order valence-electron chi connectivity index (χ1n) is 6.66. The summed E-state index contributed by atoms with van der Waals surface area (Å²) in [5.74, 6) is -3.24. The summed E-state index contributed by atoms with van der Waals surface area (Å²) in [5, 5.41) is 2.41. The fourth-order valence-electron chi connectivity index (χ4n) is 2.03. The van der Waals surface area contributed by atoms with E-state index in [1.807, 2.05) is 18.2 Å². The van der Waals surface area contributed by atoms with Crippen molar-refractivity contribution in [3.63, 3.8) is 0 Å². The lowest BCUT2D eigenvalue weighted by Gasteiger charge is -2.16. The highest BCUT2D eigenvalue weighted by Crippen LogP contribution is 2.14. The van der Waals surface area contributed by atoms with Gasteiger partial charge in [0.15, 0.2) is 0 Å². The fraction of sp³-hybridized carbons (Fsp3) is 0.125. The summed E-state index contributed by atoms with van der Waals surface area (Å²) in [7, 11) is 0. The Hall–Kier alpha value is -2.03. The monoisotopic (exact) mass is 430 g/mol. The maximum absolute atomic E-state index is 13.2. The van der Waals surface area contributed by atoms with Gasteiger partial charge in [-0.3, -0.25) is 9.59 Å². The van der Waals surface area contributed by atoms with Crippen LogP contribution in [0.15, 0.2) is 42.5 Å². The number of rotatable bonds is 5. The molecule has 0 spiro atoms. The highest BCUT2D eigenvalue weighted by atomic mass is 127. The normalized spacial score (nSPS) is 11.8. The van der Waals surface area contributed by atoms with Gasteiger partial charge in [0.05, 0.1) is 0 Å². The van der Waals surface area contributed by atoms with Crippen LogP contribution in [0, 0.1) is 15.2 Å². The standard InChI is InChI=1S/C16H13F2IN2O2/c17-11-5-10(6-12(18)8-11)16(23)21-14(15(20)22)7-9-3-1-2-4-13(9)19/h1-6,8,14H,7H2,(H2,20,22)(H,21,23)/t14-/m1/s1. The van der Waals surface area contributed by atoms with E-state index in [2.05, 4.69) is 27.9 Å². The van der Waals surface area contributed by atoms with Gasteiger partial charge in [0, 0.05) is 21.6 Å². The van der Waals surface area contributed by atoms with Gasteiger partial charge >= 0.3 is 0 Å². The van der Waals surface area contributed by atoms with Gasteiger partial charge in [-0.05, 0) is 46.4 Å². The predicted molar refractivity (Wildman–Crippen MR) is 89.7 cm³/mol. The van der Waals surface area contributed by atoms with E-state index in [4.69, 9.17) is 5.73 Å². The Morgan fingerprint density at radius 2 is 1.74 bits per heavy atom. The number of nitrogens with one attached hydrogen (secondary N) is 1. The van der Waals surface area contributed by atoms with Crippen LogP contribution >= 0.6 is 22.6 Å². The van der Waals surface area contributed by atoms with Crippen molar-refractivity contribution in [2.45, 2.75) is 12.5 Å². The van der Waals surface area contributed by atoms with Crippen LogP contribution in [0.1, 0.15) is 15.9 Å². The van der Waals surface area contributed by atoms with Crippen LogP contribution in [0.5, 0.6) is 0 Å². The summed E-state index contributed by atoms with van der Waals surface area (Å²) in [6, 6.07) is 8.78. The molecule has 0 heterocycles. The number of amides is 2. The molecule has 0 unspecified atom stereocenters. The third-order valence-electron chi connectivity index (χ3n) is 3.16. The van der Waals surface area contributed by atoms with Crippen molar-refractivity contribution in [3.8, 4) is 0 Å². The largest absolute Gasteiger partial charge is 0.368 e. The molecule has 1 atom stereocenters. The summed E-state index contributed by atoms with van der Waals surface area (Å²) >= 11 is 2.11. The third kappa shape index (κ3) is 4.72. The minimum atomic E-state index is -0.982. The highest BCUT2D eigenvalue weighted by Gasteiger charge is 2.21. The van der Waals surface area contributed by atoms with Crippen molar-refractivity contribution in [1.82, 2.24) is 5.32 Å². The Morgan fingerprint density at radius 1 is 1.13 bits per heavy atom. The number of hydrogen-bond acceptors (Lipinski definition) is 2. The van der Waals surface area contributed by atoms with Crippen molar-refractivity contribution in [2.24, 2.45) is 5.73 Å². The molecule has 2 amide bonds. The minimum Gasteiger partial charge on any atom is -0.368 e. The molecule has 0 saturated carbocycles. The topological polar surface area (TPSA) is 72.2 Å². The van der Waals surface area contributed by atoms with Crippen molar-refractivity contribution in [3.05, 3.63) is 68.8 Å². The molecular weight excluding hydrogens is 417 g/mol. The van der Waals surface area contributed by atoms with Crippen LogP contribution in [0.4, 0.5) is 8.78 Å². The van der Waals surface area contributed by atoms with Crippen LogP contribution in [0.2, 0.25) is 0 Å². The number of carbonyl (C=O) groups is 2. The van der Waals surface area contributed by atoms with Crippen LogP contribution in [-0.4, -0.2) is 17.9 Å². The van der Waals surface area contributed by atoms with E-state index in [1.54, 1.807) is 6.07 Å². The van der Waals surface area contributed by atoms with Crippen LogP contribution in [0.25, 0.3) is 0 Å². The lowest BCUT2D eigenvalue weighted by atomic mass is 10.0. The molecule has 0 radical (unpaired) electrons. The third-order valence-corrected chi connectivity index (χ3v) is 4.21. The molecule has 0 bridgehead atoms. The van der Waals surface area contributed by atoms with Crippen molar-refractivity contribution in [1.29, 1.82) is 0 Å². The van der Waals surface area contributed by atoms with Gasteiger partial charge in [0.25, 0.3) is 5.91 Å². The quantitative estimate of drug-likeness (QED) is 0.716. The minimum absolute atomic E-state index is 0.192. The second kappa shape index (κ2) is 7.49. The number of hydrogen-bond donors (Lipinski definition) is 2. The van der Waals surface area contributed by atoms with Gasteiger partial charge < -0.3 is 11.1 Å². The van der Waals surface area contributed by atoms with E-state index < -0.39 is 29.5 Å². The Labute approximate surface area is 145 Å². The van der Waals surface area contributed by atoms with E-state index in [1.165, 1.54) is 0 Å². The maximum Gasteiger partial charge on any atom is 0.252 e. The molecule has 3 N–H and O–H groups in total. The molecule has 0 aliphatic rings. The molecule has 7 heteroatoms. The molecule has 2 aromatic rings. The van der Waals surface area contributed by atoms with E-state index >= 15 is 0 Å². The number of benzene rings is 2. The second-order valence-corrected chi connectivity index (χ2v) is 6.04. The van der Waals surface area contributed by atoms with Crippen molar-refractivity contribution in [2.75, 3.05) is 0 Å². The zero-order chi connectivity index (χ0) is 17.0. The molecule has 0 saturated heterocycles. The molecule has 0 aliphatic heterocycles. The van der Waals surface area contributed by atoms with E-state index in [9.17, 15) is 18.4 Å². The smallest absolute Gasteiger partial charge is 0.252 e. The lowest BCUT2D eigenvalue weighted by molar-refractivity contribution is -0.119. The van der Waals surface area contributed by atoms with E-state index in [0.29, 0.717) is 6.07 Å². The molecule has 23 heavy (non-hydrogen) atoms. The molecule has 2 rings (SSSR count). The molecule has 120 valence electrons. The van der Waals surface area contributed by atoms with Gasteiger partial charge in [0.1, 0.15) is 17.7 Å². The van der Waals surface area contributed by atoms with E-state index in [0.717, 1.165) is 21.3 Å². The molecule has 0 aromatic heterocycles. The fourth-order valence-corrected chi connectivity index (χ4v) is 2.64. The number of carbonyl (C=O) groups excluding carboxylic acids is 2. The lowest BCUT2D eigenvalue weighted by Crippen LogP contribution is -2.46. The Kier molecular flexibility index (Phi) is 5.64. The number of halogens is 3. The van der Waals surface area contributed by atoms with Gasteiger partial charge in [-0.25, -0.2) is 8.78 Å². The molecule has 4 nitrogen and oxygen atoms in total. The number of nitrogens with two attached hydrogens (primary N) is 1. The Balaban J connectivity index is 2.18. The average molecular weight is 430 g/mol. The van der Waals surface area contributed by atoms with Gasteiger partial charge in [-0.15, -0.1) is 0 Å². The summed E-state index contributed by atoms with van der Waals surface area (Å²) in [5.41, 5.74) is 5.94. The molecule has 2 aromatic carbocycles. The first kappa shape index (κ1) is 17.3. The average Bonchev–Trinajstić information content (AvgIpc) is 2.47. The SMILES string of the molecule is NC(=O)[C@@H](Cc1ccccc1I)NC(=O)c1cc(F)cc(F)c1. The molecule has 0 aliphatic carbocycles. The van der Waals surface area contributed by atoms with Crippen molar-refractivity contribution < 1.29 is 18.4 Å². The summed E-state index contributed by atoms with van der Waals surface area (Å²) in [6.45, 7) is 0. The first-order valence-corrected chi connectivity index (χ1v) is 7.74. The maximum atomic E-state index is 13.2. The van der Waals surface area contributed by atoms with Crippen LogP contribution in [-0.2, 0) is 11.2 Å². The van der Waals surface area contributed by atoms with Crippen molar-refractivity contribution >= 4 is 34.4 Å². The Bertz CT molecular complexity index is 732. The zero-order valence-electron chi connectivity index (χ0n) is 11.9. The number of primary amides is 1. The summed E-state index contributed by atoms with van der Waals surface area (Å²) in [4.78, 5) is 23.7. The first-order chi connectivity index (χ1) is 10.9. The van der Waals surface area contributed by atoms with Gasteiger partial charge in [0.2, 0.25) is 5.91 Å². The summed E-state index contributed by atoms with van der Waals surface area (Å²) < 4.78 is 27.3.